The average Bonchev–Trinajstić information content (AvgIpc) is 3.26. The number of nitrogens with one attached hydrogen (secondary N) is 1. The highest BCUT2D eigenvalue weighted by molar-refractivity contribution is 6.30. The van der Waals surface area contributed by atoms with Crippen LogP contribution >= 0.6 is 11.6 Å². The minimum absolute atomic E-state index is 0.117. The van der Waals surface area contributed by atoms with Crippen LogP contribution in [0.5, 0.6) is 0 Å². The molecule has 2 aliphatic heterocycles. The van der Waals surface area contributed by atoms with Crippen LogP contribution in [0.4, 0.5) is 0 Å². The number of piperidine rings is 1. The zero-order valence-corrected chi connectivity index (χ0v) is 25.0. The van der Waals surface area contributed by atoms with Crippen LogP contribution in [0.2, 0.25) is 5.02 Å². The molecule has 43 heavy (non-hydrogen) atoms. The van der Waals surface area contributed by atoms with Gasteiger partial charge >= 0.3 is 0 Å². The molecule has 3 aromatic rings. The highest BCUT2D eigenvalue weighted by Crippen LogP contribution is 2.38. The van der Waals surface area contributed by atoms with Gasteiger partial charge in [0.2, 0.25) is 11.8 Å². The van der Waals surface area contributed by atoms with Gasteiger partial charge in [0.05, 0.1) is 11.6 Å². The lowest BCUT2D eigenvalue weighted by Gasteiger charge is -2.41. The maximum atomic E-state index is 14.3. The monoisotopic (exact) mass is 597 g/mol. The van der Waals surface area contributed by atoms with Crippen molar-refractivity contribution in [3.63, 3.8) is 0 Å². The molecule has 3 N–H and O–H groups in total. The minimum atomic E-state index is -0.936. The minimum Gasteiger partial charge on any atom is -0.344 e. The number of likely N-dealkylation sites (tertiary alicyclic amines) is 1. The smallest absolute Gasteiger partial charge is 0.256 e. The number of hydrogen-bond acceptors (Lipinski definition) is 5. The Bertz CT molecular complexity index is 1560. The van der Waals surface area contributed by atoms with Crippen LogP contribution in [0.25, 0.3) is 0 Å². The second-order valence-corrected chi connectivity index (χ2v) is 12.3. The van der Waals surface area contributed by atoms with Crippen molar-refractivity contribution in [3.8, 4) is 0 Å². The summed E-state index contributed by atoms with van der Waals surface area (Å²) in [6, 6.07) is 23.8. The SMILES string of the molecule is CN1N=C2CCN(C(=O)[C@@H](Cc3ccc(Cl)cc3)NC(=O)C3CCc4ccccc4C3N)CC2(Cc2ccccc2)C1=O. The third-order valence-corrected chi connectivity index (χ3v) is 9.39. The molecular formula is C34H36ClN5O3. The number of benzene rings is 3. The zero-order valence-electron chi connectivity index (χ0n) is 24.2. The third kappa shape index (κ3) is 5.69. The Morgan fingerprint density at radius 3 is 2.51 bits per heavy atom. The summed E-state index contributed by atoms with van der Waals surface area (Å²) in [5, 5.41) is 9.66. The second kappa shape index (κ2) is 11.9. The lowest BCUT2D eigenvalue weighted by atomic mass is 9.73. The van der Waals surface area contributed by atoms with Crippen LogP contribution in [0.15, 0.2) is 84.0 Å². The molecule has 0 bridgehead atoms. The lowest BCUT2D eigenvalue weighted by Crippen LogP contribution is -2.59. The predicted octanol–water partition coefficient (Wildman–Crippen LogP) is 3.92. The topological polar surface area (TPSA) is 108 Å². The van der Waals surface area contributed by atoms with Crippen molar-refractivity contribution in [1.29, 1.82) is 0 Å². The fourth-order valence-electron chi connectivity index (χ4n) is 6.86. The van der Waals surface area contributed by atoms with E-state index in [4.69, 9.17) is 17.3 Å². The summed E-state index contributed by atoms with van der Waals surface area (Å²) >= 11 is 6.13. The van der Waals surface area contributed by atoms with E-state index >= 15 is 0 Å². The first-order chi connectivity index (χ1) is 20.7. The van der Waals surface area contributed by atoms with E-state index in [-0.39, 0.29) is 30.7 Å². The zero-order chi connectivity index (χ0) is 30.1. The number of hydrogen-bond donors (Lipinski definition) is 2. The van der Waals surface area contributed by atoms with Crippen LogP contribution in [-0.4, -0.2) is 59.5 Å². The van der Waals surface area contributed by atoms with Crippen molar-refractivity contribution in [3.05, 3.63) is 106 Å². The van der Waals surface area contributed by atoms with E-state index in [1.54, 1.807) is 24.1 Å². The lowest BCUT2D eigenvalue weighted by molar-refractivity contribution is -0.142. The summed E-state index contributed by atoms with van der Waals surface area (Å²) in [5.41, 5.74) is 10.5. The molecule has 3 aliphatic rings. The molecule has 0 spiro atoms. The molecule has 222 valence electrons. The Morgan fingerprint density at radius 1 is 1.02 bits per heavy atom. The van der Waals surface area contributed by atoms with Crippen LogP contribution in [0.3, 0.4) is 0 Å². The Labute approximate surface area is 256 Å². The first kappa shape index (κ1) is 29.1. The van der Waals surface area contributed by atoms with Crippen molar-refractivity contribution in [2.45, 2.75) is 44.2 Å². The first-order valence-corrected chi connectivity index (χ1v) is 15.2. The molecule has 6 rings (SSSR count). The number of carbonyl (C=O) groups excluding carboxylic acids is 3. The molecule has 1 aliphatic carbocycles. The number of halogens is 1. The highest BCUT2D eigenvalue weighted by atomic mass is 35.5. The van der Waals surface area contributed by atoms with E-state index in [0.717, 1.165) is 34.4 Å². The summed E-state index contributed by atoms with van der Waals surface area (Å²) in [4.78, 5) is 43.5. The first-order valence-electron chi connectivity index (χ1n) is 14.8. The molecule has 1 fully saturated rings. The Balaban J connectivity index is 1.26. The third-order valence-electron chi connectivity index (χ3n) is 9.14. The van der Waals surface area contributed by atoms with Crippen LogP contribution in [0.1, 0.15) is 41.1 Å². The highest BCUT2D eigenvalue weighted by Gasteiger charge is 2.54. The van der Waals surface area contributed by atoms with Crippen LogP contribution in [-0.2, 0) is 33.6 Å². The van der Waals surface area contributed by atoms with Gasteiger partial charge in [-0.3, -0.25) is 14.4 Å². The van der Waals surface area contributed by atoms with Gasteiger partial charge in [0.1, 0.15) is 11.5 Å². The molecule has 0 radical (unpaired) electrons. The van der Waals surface area contributed by atoms with E-state index in [2.05, 4.69) is 16.5 Å². The number of nitrogens with two attached hydrogens (primary N) is 1. The number of amides is 3. The fourth-order valence-corrected chi connectivity index (χ4v) is 6.99. The van der Waals surface area contributed by atoms with Gasteiger partial charge in [-0.15, -0.1) is 0 Å². The van der Waals surface area contributed by atoms with Crippen LogP contribution in [0, 0.1) is 11.3 Å². The van der Waals surface area contributed by atoms with Crippen LogP contribution < -0.4 is 11.1 Å². The Morgan fingerprint density at radius 2 is 1.74 bits per heavy atom. The van der Waals surface area contributed by atoms with Gasteiger partial charge in [0, 0.05) is 44.0 Å². The van der Waals surface area contributed by atoms with E-state index in [0.29, 0.717) is 30.8 Å². The molecule has 3 amide bonds. The van der Waals surface area contributed by atoms with E-state index in [1.165, 1.54) is 5.01 Å². The summed E-state index contributed by atoms with van der Waals surface area (Å²) < 4.78 is 0. The summed E-state index contributed by atoms with van der Waals surface area (Å²) in [5.74, 6) is -1.02. The van der Waals surface area contributed by atoms with Gasteiger partial charge in [-0.25, -0.2) is 5.01 Å². The van der Waals surface area contributed by atoms with Crippen molar-refractivity contribution < 1.29 is 14.4 Å². The Hall–Kier alpha value is -4.01. The predicted molar refractivity (Wildman–Crippen MR) is 166 cm³/mol. The maximum absolute atomic E-state index is 14.3. The number of fused-ring (bicyclic) bond motifs is 2. The van der Waals surface area contributed by atoms with Crippen molar-refractivity contribution >= 4 is 35.0 Å². The molecular weight excluding hydrogens is 562 g/mol. The number of hydrazone groups is 1. The molecule has 8 nitrogen and oxygen atoms in total. The normalized spacial score (nSPS) is 23.7. The molecule has 0 aromatic heterocycles. The molecule has 3 unspecified atom stereocenters. The van der Waals surface area contributed by atoms with Gasteiger partial charge in [0.15, 0.2) is 0 Å². The molecule has 9 heteroatoms. The van der Waals surface area contributed by atoms with Crippen molar-refractivity contribution in [2.75, 3.05) is 20.1 Å². The fraction of sp³-hybridized carbons (Fsp3) is 0.353. The summed E-state index contributed by atoms with van der Waals surface area (Å²) in [6.45, 7) is 0.616. The number of rotatable bonds is 7. The van der Waals surface area contributed by atoms with Gasteiger partial charge in [0.25, 0.3) is 5.91 Å². The summed E-state index contributed by atoms with van der Waals surface area (Å²) in [6.07, 6.45) is 2.59. The van der Waals surface area contributed by atoms with Crippen molar-refractivity contribution in [1.82, 2.24) is 15.2 Å². The quantitative estimate of drug-likeness (QED) is 0.430. The van der Waals surface area contributed by atoms with Gasteiger partial charge in [-0.05, 0) is 53.6 Å². The molecule has 4 atom stereocenters. The molecule has 3 aromatic carbocycles. The largest absolute Gasteiger partial charge is 0.344 e. The van der Waals surface area contributed by atoms with E-state index < -0.39 is 23.4 Å². The van der Waals surface area contributed by atoms with E-state index in [9.17, 15) is 14.4 Å². The van der Waals surface area contributed by atoms with Gasteiger partial charge in [-0.2, -0.15) is 5.10 Å². The average molecular weight is 598 g/mol. The number of nitrogens with zero attached hydrogens (tertiary/aromatic N) is 3. The maximum Gasteiger partial charge on any atom is 0.256 e. The molecule has 2 heterocycles. The summed E-state index contributed by atoms with van der Waals surface area (Å²) in [7, 11) is 1.67. The van der Waals surface area contributed by atoms with Gasteiger partial charge < -0.3 is 16.0 Å². The van der Waals surface area contributed by atoms with E-state index in [1.807, 2.05) is 60.7 Å². The molecule has 0 saturated carbocycles. The standard InChI is InChI=1S/C34H36ClN5O3/c1-39-33(43)34(20-23-7-3-2-4-8-23)21-40(18-17-29(34)38-39)32(42)28(19-22-11-14-25(35)15-12-22)37-31(41)27-16-13-24-9-5-6-10-26(24)30(27)36/h2-12,14-15,27-28,30H,13,16-21,36H2,1H3,(H,37,41)/t27?,28-,30?,34?/m1/s1. The number of aryl methyl sites for hydroxylation is 1. The molecule has 1 saturated heterocycles. The van der Waals surface area contributed by atoms with Gasteiger partial charge in [-0.1, -0.05) is 78.3 Å². The number of carbonyl (C=O) groups is 3. The Kier molecular flexibility index (Phi) is 8.07. The van der Waals surface area contributed by atoms with Crippen molar-refractivity contribution in [2.24, 2.45) is 22.2 Å². The second-order valence-electron chi connectivity index (χ2n) is 11.9.